The van der Waals surface area contributed by atoms with Crippen molar-refractivity contribution in [2.24, 2.45) is 0 Å². The standard InChI is InChI=1S/C11H15NO/c1-12(8-7-11-9-13-11)10-5-3-2-4-6-10/h2-6,11H,7-9H2,1H3. The van der Waals surface area contributed by atoms with E-state index in [1.807, 2.05) is 6.07 Å². The Hall–Kier alpha value is -1.02. The second kappa shape index (κ2) is 3.79. The summed E-state index contributed by atoms with van der Waals surface area (Å²) in [6, 6.07) is 10.4. The van der Waals surface area contributed by atoms with Crippen LogP contribution in [-0.2, 0) is 4.74 Å². The lowest BCUT2D eigenvalue weighted by Crippen LogP contribution is -2.19. The number of ether oxygens (including phenoxy) is 1. The smallest absolute Gasteiger partial charge is 0.0826 e. The number of benzene rings is 1. The van der Waals surface area contributed by atoms with E-state index in [0.717, 1.165) is 19.6 Å². The molecule has 1 aromatic rings. The van der Waals surface area contributed by atoms with E-state index in [4.69, 9.17) is 4.74 Å². The molecule has 1 saturated heterocycles. The molecule has 1 heterocycles. The molecule has 2 nitrogen and oxygen atoms in total. The van der Waals surface area contributed by atoms with Gasteiger partial charge in [-0.1, -0.05) is 18.2 Å². The Morgan fingerprint density at radius 2 is 2.08 bits per heavy atom. The molecular weight excluding hydrogens is 162 g/mol. The zero-order valence-electron chi connectivity index (χ0n) is 7.94. The van der Waals surface area contributed by atoms with Gasteiger partial charge in [-0.2, -0.15) is 0 Å². The second-order valence-corrected chi connectivity index (χ2v) is 3.50. The summed E-state index contributed by atoms with van der Waals surface area (Å²) in [5.74, 6) is 0. The molecule has 70 valence electrons. The zero-order valence-corrected chi connectivity index (χ0v) is 7.94. The van der Waals surface area contributed by atoms with Crippen LogP contribution in [0.4, 0.5) is 5.69 Å². The van der Waals surface area contributed by atoms with Gasteiger partial charge in [-0.05, 0) is 18.6 Å². The third-order valence-electron chi connectivity index (χ3n) is 2.39. The van der Waals surface area contributed by atoms with Gasteiger partial charge in [-0.25, -0.2) is 0 Å². The molecule has 0 N–H and O–H groups in total. The fraction of sp³-hybridized carbons (Fsp3) is 0.455. The molecule has 0 spiro atoms. The average Bonchev–Trinajstić information content (AvgIpc) is 2.99. The van der Waals surface area contributed by atoms with Crippen molar-refractivity contribution in [3.05, 3.63) is 30.3 Å². The van der Waals surface area contributed by atoms with Gasteiger partial charge in [0.15, 0.2) is 0 Å². The molecule has 1 fully saturated rings. The summed E-state index contributed by atoms with van der Waals surface area (Å²) in [5.41, 5.74) is 1.28. The van der Waals surface area contributed by atoms with Crippen LogP contribution >= 0.6 is 0 Å². The summed E-state index contributed by atoms with van der Waals surface area (Å²) in [5, 5.41) is 0. The average molecular weight is 177 g/mol. The molecule has 1 aliphatic rings. The van der Waals surface area contributed by atoms with E-state index in [1.165, 1.54) is 5.69 Å². The van der Waals surface area contributed by atoms with Crippen molar-refractivity contribution in [2.75, 3.05) is 25.1 Å². The van der Waals surface area contributed by atoms with Crippen LogP contribution in [0.2, 0.25) is 0 Å². The number of anilines is 1. The maximum Gasteiger partial charge on any atom is 0.0826 e. The molecule has 2 heteroatoms. The number of nitrogens with zero attached hydrogens (tertiary/aromatic N) is 1. The molecule has 1 aliphatic heterocycles. The molecule has 2 rings (SSSR count). The molecule has 1 atom stereocenters. The highest BCUT2D eigenvalue weighted by molar-refractivity contribution is 5.44. The molecule has 0 radical (unpaired) electrons. The van der Waals surface area contributed by atoms with Crippen LogP contribution < -0.4 is 4.90 Å². The molecule has 0 aliphatic carbocycles. The van der Waals surface area contributed by atoms with Crippen LogP contribution in [0.15, 0.2) is 30.3 Å². The molecule has 1 aromatic carbocycles. The van der Waals surface area contributed by atoms with Crippen LogP contribution in [0.25, 0.3) is 0 Å². The van der Waals surface area contributed by atoms with Gasteiger partial charge in [0, 0.05) is 19.3 Å². The first-order valence-electron chi connectivity index (χ1n) is 4.74. The minimum atomic E-state index is 0.533. The van der Waals surface area contributed by atoms with Crippen molar-refractivity contribution in [2.45, 2.75) is 12.5 Å². The summed E-state index contributed by atoms with van der Waals surface area (Å²) in [6.45, 7) is 2.04. The lowest BCUT2D eigenvalue weighted by atomic mass is 10.2. The number of hydrogen-bond donors (Lipinski definition) is 0. The maximum atomic E-state index is 5.17. The fourth-order valence-corrected chi connectivity index (χ4v) is 1.38. The minimum Gasteiger partial charge on any atom is -0.374 e. The Morgan fingerprint density at radius 3 is 2.69 bits per heavy atom. The van der Waals surface area contributed by atoms with E-state index in [-0.39, 0.29) is 0 Å². The van der Waals surface area contributed by atoms with Crippen LogP contribution in [0.3, 0.4) is 0 Å². The van der Waals surface area contributed by atoms with Gasteiger partial charge >= 0.3 is 0 Å². The predicted octanol–water partition coefficient (Wildman–Crippen LogP) is 1.91. The van der Waals surface area contributed by atoms with Crippen molar-refractivity contribution < 1.29 is 4.74 Å². The molecule has 0 saturated carbocycles. The number of epoxide rings is 1. The van der Waals surface area contributed by atoms with Crippen molar-refractivity contribution in [1.82, 2.24) is 0 Å². The Morgan fingerprint density at radius 1 is 1.38 bits per heavy atom. The third kappa shape index (κ3) is 2.46. The first-order chi connectivity index (χ1) is 6.36. The Balaban J connectivity index is 1.85. The fourth-order valence-electron chi connectivity index (χ4n) is 1.38. The molecule has 0 bridgehead atoms. The predicted molar refractivity (Wildman–Crippen MR) is 54.1 cm³/mol. The second-order valence-electron chi connectivity index (χ2n) is 3.50. The highest BCUT2D eigenvalue weighted by Crippen LogP contribution is 2.16. The van der Waals surface area contributed by atoms with Crippen molar-refractivity contribution >= 4 is 5.69 Å². The molecule has 1 unspecified atom stereocenters. The lowest BCUT2D eigenvalue weighted by molar-refractivity contribution is 0.398. The first kappa shape index (κ1) is 8.57. The number of hydrogen-bond acceptors (Lipinski definition) is 2. The van der Waals surface area contributed by atoms with Crippen LogP contribution in [0, 0.1) is 0 Å². The largest absolute Gasteiger partial charge is 0.374 e. The molecule has 0 aromatic heterocycles. The third-order valence-corrected chi connectivity index (χ3v) is 2.39. The van der Waals surface area contributed by atoms with Crippen molar-refractivity contribution in [1.29, 1.82) is 0 Å². The van der Waals surface area contributed by atoms with Gasteiger partial charge in [0.1, 0.15) is 0 Å². The Kier molecular flexibility index (Phi) is 2.50. The van der Waals surface area contributed by atoms with Gasteiger partial charge in [0.25, 0.3) is 0 Å². The lowest BCUT2D eigenvalue weighted by Gasteiger charge is -2.18. The maximum absolute atomic E-state index is 5.17. The van der Waals surface area contributed by atoms with Gasteiger partial charge in [0.2, 0.25) is 0 Å². The monoisotopic (exact) mass is 177 g/mol. The molecule has 13 heavy (non-hydrogen) atoms. The Labute approximate surface area is 79.1 Å². The van der Waals surface area contributed by atoms with Crippen LogP contribution in [0.1, 0.15) is 6.42 Å². The van der Waals surface area contributed by atoms with Gasteiger partial charge < -0.3 is 9.64 Å². The summed E-state index contributed by atoms with van der Waals surface area (Å²) in [4.78, 5) is 2.27. The SMILES string of the molecule is CN(CCC1CO1)c1ccccc1. The van der Waals surface area contributed by atoms with E-state index >= 15 is 0 Å². The number of para-hydroxylation sites is 1. The van der Waals surface area contributed by atoms with Crippen LogP contribution in [0.5, 0.6) is 0 Å². The Bertz CT molecular complexity index is 256. The zero-order chi connectivity index (χ0) is 9.10. The van der Waals surface area contributed by atoms with Gasteiger partial charge in [-0.3, -0.25) is 0 Å². The van der Waals surface area contributed by atoms with E-state index in [2.05, 4.69) is 36.2 Å². The van der Waals surface area contributed by atoms with Gasteiger partial charge in [0.05, 0.1) is 12.7 Å². The molecule has 0 amide bonds. The van der Waals surface area contributed by atoms with E-state index in [1.54, 1.807) is 0 Å². The summed E-state index contributed by atoms with van der Waals surface area (Å²) < 4.78 is 5.17. The highest BCUT2D eigenvalue weighted by Gasteiger charge is 2.22. The quantitative estimate of drug-likeness (QED) is 0.653. The topological polar surface area (TPSA) is 15.8 Å². The van der Waals surface area contributed by atoms with Crippen molar-refractivity contribution in [3.63, 3.8) is 0 Å². The summed E-state index contributed by atoms with van der Waals surface area (Å²) >= 11 is 0. The van der Waals surface area contributed by atoms with E-state index in [0.29, 0.717) is 6.10 Å². The normalized spacial score (nSPS) is 19.9. The summed E-state index contributed by atoms with van der Waals surface area (Å²) in [7, 11) is 2.12. The highest BCUT2D eigenvalue weighted by atomic mass is 16.6. The minimum absolute atomic E-state index is 0.533. The van der Waals surface area contributed by atoms with Crippen molar-refractivity contribution in [3.8, 4) is 0 Å². The van der Waals surface area contributed by atoms with Gasteiger partial charge in [-0.15, -0.1) is 0 Å². The first-order valence-corrected chi connectivity index (χ1v) is 4.74. The van der Waals surface area contributed by atoms with E-state index < -0.39 is 0 Å². The summed E-state index contributed by atoms with van der Waals surface area (Å²) in [6.07, 6.45) is 1.68. The van der Waals surface area contributed by atoms with E-state index in [9.17, 15) is 0 Å². The number of rotatable bonds is 4. The molecular formula is C11H15NO. The van der Waals surface area contributed by atoms with Crippen LogP contribution in [-0.4, -0.2) is 26.3 Å².